The van der Waals surface area contributed by atoms with Gasteiger partial charge in [0.25, 0.3) is 0 Å². The maximum absolute atomic E-state index is 13.5. The largest absolute Gasteiger partial charge is 0.459 e. The Hall–Kier alpha value is -5.82. The van der Waals surface area contributed by atoms with E-state index in [9.17, 15) is 9.59 Å². The Balaban J connectivity index is 0.999. The summed E-state index contributed by atoms with van der Waals surface area (Å²) in [6, 6.07) is 15.5. The Morgan fingerprint density at radius 3 is 1.89 bits per heavy atom. The molecule has 0 aromatic carbocycles. The van der Waals surface area contributed by atoms with Crippen LogP contribution in [0.3, 0.4) is 0 Å². The van der Waals surface area contributed by atoms with Crippen LogP contribution in [0.2, 0.25) is 0 Å². The number of hydrogen-bond acceptors (Lipinski definition) is 10. The van der Waals surface area contributed by atoms with E-state index in [4.69, 9.17) is 14.5 Å². The molecule has 6 aromatic heterocycles. The highest BCUT2D eigenvalue weighted by Crippen LogP contribution is 2.36. The lowest BCUT2D eigenvalue weighted by Gasteiger charge is -2.40. The zero-order chi connectivity index (χ0) is 47.0. The molecule has 12 heteroatoms. The molecule has 66 heavy (non-hydrogen) atoms. The minimum atomic E-state index is -0.318. The molecular formula is C54H68N8O4. The van der Waals surface area contributed by atoms with Crippen molar-refractivity contribution in [2.45, 2.75) is 111 Å². The first-order chi connectivity index (χ1) is 31.6. The smallest absolute Gasteiger partial charge is 0.338 e. The van der Waals surface area contributed by atoms with Crippen LogP contribution < -0.4 is 0 Å². The Labute approximate surface area is 390 Å². The number of carbonyl (C=O) groups excluding carboxylic acids is 2. The fraction of sp³-hybridized carbons (Fsp3) is 0.444. The molecule has 2 fully saturated rings. The van der Waals surface area contributed by atoms with E-state index >= 15 is 0 Å². The summed E-state index contributed by atoms with van der Waals surface area (Å²) < 4.78 is 15.9. The maximum atomic E-state index is 13.5. The molecule has 0 N–H and O–H groups in total. The third-order valence-corrected chi connectivity index (χ3v) is 13.9. The van der Waals surface area contributed by atoms with Gasteiger partial charge in [-0.1, -0.05) is 12.6 Å². The predicted molar refractivity (Wildman–Crippen MR) is 264 cm³/mol. The van der Waals surface area contributed by atoms with Crippen LogP contribution in [0.5, 0.6) is 0 Å². The average molecular weight is 893 g/mol. The van der Waals surface area contributed by atoms with Crippen molar-refractivity contribution in [3.8, 4) is 22.3 Å². The second kappa shape index (κ2) is 19.6. The van der Waals surface area contributed by atoms with E-state index < -0.39 is 0 Å². The molecule has 0 aliphatic carbocycles. The number of carbonyl (C=O) groups is 2. The topological polar surface area (TPSA) is 100 Å². The number of ether oxygens (including phenoxy) is 2. The minimum Gasteiger partial charge on any atom is -0.459 e. The van der Waals surface area contributed by atoms with E-state index in [2.05, 4.69) is 112 Å². The first kappa shape index (κ1) is 46.7. The number of fused-ring (bicyclic) bond motifs is 2. The van der Waals surface area contributed by atoms with Gasteiger partial charge in [-0.25, -0.2) is 9.59 Å². The van der Waals surface area contributed by atoms with Gasteiger partial charge in [0.05, 0.1) is 34.7 Å². The number of piperidine rings is 2. The molecule has 0 radical (unpaired) electrons. The van der Waals surface area contributed by atoms with Crippen molar-refractivity contribution in [3.05, 3.63) is 125 Å². The van der Waals surface area contributed by atoms with Gasteiger partial charge in [-0.2, -0.15) is 0 Å². The van der Waals surface area contributed by atoms with Crippen LogP contribution in [0, 0.1) is 13.8 Å². The van der Waals surface area contributed by atoms with E-state index in [1.54, 1.807) is 6.20 Å². The highest BCUT2D eigenvalue weighted by molar-refractivity contribution is 5.95. The normalized spacial score (nSPS) is 16.1. The molecule has 8 heterocycles. The third kappa shape index (κ3) is 9.68. The fourth-order valence-electron chi connectivity index (χ4n) is 10.3. The Morgan fingerprint density at radius 2 is 1.29 bits per heavy atom. The summed E-state index contributed by atoms with van der Waals surface area (Å²) in [7, 11) is 6.53. The molecule has 12 nitrogen and oxygen atoms in total. The molecule has 1 atom stereocenters. The molecule has 0 spiro atoms. The summed E-state index contributed by atoms with van der Waals surface area (Å²) in [6.45, 7) is 23.0. The lowest BCUT2D eigenvalue weighted by Crippen LogP contribution is -2.44. The molecule has 0 saturated carbocycles. The molecule has 0 amide bonds. The quantitative estimate of drug-likeness (QED) is 0.0984. The summed E-state index contributed by atoms with van der Waals surface area (Å²) in [4.78, 5) is 45.8. The van der Waals surface area contributed by atoms with Crippen LogP contribution in [0.4, 0.5) is 0 Å². The number of rotatable bonds is 14. The number of nitrogens with zero attached hydrogens (tertiary/aromatic N) is 8. The van der Waals surface area contributed by atoms with Gasteiger partial charge >= 0.3 is 11.9 Å². The van der Waals surface area contributed by atoms with E-state index in [1.165, 1.54) is 0 Å². The zero-order valence-electron chi connectivity index (χ0n) is 40.7. The summed E-state index contributed by atoms with van der Waals surface area (Å²) >= 11 is 0. The summed E-state index contributed by atoms with van der Waals surface area (Å²) in [5.74, 6) is -0.608. The fourth-order valence-corrected chi connectivity index (χ4v) is 10.3. The van der Waals surface area contributed by atoms with Crippen molar-refractivity contribution in [2.75, 3.05) is 47.3 Å². The van der Waals surface area contributed by atoms with Crippen LogP contribution in [-0.4, -0.2) is 122 Å². The second-order valence-corrected chi connectivity index (χ2v) is 19.4. The number of likely N-dealkylation sites (tertiary alicyclic amines) is 2. The minimum absolute atomic E-state index is 0.0622. The van der Waals surface area contributed by atoms with Crippen molar-refractivity contribution in [1.82, 2.24) is 38.4 Å². The molecule has 1 unspecified atom stereocenters. The molecule has 2 saturated heterocycles. The molecule has 8 rings (SSSR count). The van der Waals surface area contributed by atoms with Gasteiger partial charge in [-0.05, 0) is 148 Å². The number of pyridine rings is 4. The van der Waals surface area contributed by atoms with Gasteiger partial charge in [0.15, 0.2) is 0 Å². The standard InChI is InChI=1S/C54H68N8O4/c1-34(2)65-53(63)49-26-47-24-43(41-13-12-18-55-29-41)32-61(47)51(36(49)5)39(8)60-21-16-46(17-22-60)58(11)31-40-23-42(30-56-28-40)44-25-48-27-50(54(64)66-35(3)4)37(6)52(62(48)33-44)38(7)59-19-14-45(15-20-59)57(9)10/h12-13,18,23-30,32-35,39,45-46H,7,14-17,19-22,31H2,1-6,8-11H3. The van der Waals surface area contributed by atoms with Crippen molar-refractivity contribution in [3.63, 3.8) is 0 Å². The summed E-state index contributed by atoms with van der Waals surface area (Å²) in [6.07, 6.45) is 15.6. The Kier molecular flexibility index (Phi) is 13.8. The Morgan fingerprint density at radius 1 is 0.712 bits per heavy atom. The zero-order valence-corrected chi connectivity index (χ0v) is 40.7. The molecular weight excluding hydrogens is 825 g/mol. The highest BCUT2D eigenvalue weighted by atomic mass is 16.5. The SMILES string of the molecule is C=C(c1c(C)c(C(=O)OC(C)C)cc2cc(-c3cncc(CN(C)C4CCN(C(C)c5c(C)c(C(=O)OC(C)C)cc6cc(-c7cccnc7)cn56)CC4)c3)cn12)N1CCC(N(C)C)CC1. The number of aromatic nitrogens is 4. The van der Waals surface area contributed by atoms with Gasteiger partial charge in [0.1, 0.15) is 0 Å². The van der Waals surface area contributed by atoms with Crippen molar-refractivity contribution < 1.29 is 19.1 Å². The van der Waals surface area contributed by atoms with Crippen molar-refractivity contribution >= 4 is 28.7 Å². The summed E-state index contributed by atoms with van der Waals surface area (Å²) in [5, 5.41) is 0. The lowest BCUT2D eigenvalue weighted by molar-refractivity contribution is 0.0366. The second-order valence-electron chi connectivity index (χ2n) is 19.4. The van der Waals surface area contributed by atoms with Crippen molar-refractivity contribution in [2.24, 2.45) is 0 Å². The van der Waals surface area contributed by atoms with Crippen LogP contribution >= 0.6 is 0 Å². The van der Waals surface area contributed by atoms with Gasteiger partial charge in [0.2, 0.25) is 0 Å². The maximum Gasteiger partial charge on any atom is 0.338 e. The van der Waals surface area contributed by atoms with Gasteiger partial charge in [0, 0.05) is 127 Å². The Bertz CT molecular complexity index is 2720. The number of esters is 2. The predicted octanol–water partition coefficient (Wildman–Crippen LogP) is 9.72. The van der Waals surface area contributed by atoms with Crippen LogP contribution in [0.15, 0.2) is 86.2 Å². The van der Waals surface area contributed by atoms with E-state index in [1.807, 2.05) is 71.4 Å². The third-order valence-electron chi connectivity index (χ3n) is 13.9. The first-order valence-electron chi connectivity index (χ1n) is 23.7. The van der Waals surface area contributed by atoms with E-state index in [0.29, 0.717) is 23.2 Å². The van der Waals surface area contributed by atoms with Crippen molar-refractivity contribution in [1.29, 1.82) is 0 Å². The van der Waals surface area contributed by atoms with Gasteiger partial charge in [-0.15, -0.1) is 0 Å². The monoisotopic (exact) mass is 893 g/mol. The molecule has 2 aliphatic heterocycles. The summed E-state index contributed by atoms with van der Waals surface area (Å²) in [5.41, 5.74) is 13.1. The van der Waals surface area contributed by atoms with Gasteiger partial charge < -0.3 is 28.1 Å². The molecule has 0 bridgehead atoms. The van der Waals surface area contributed by atoms with Crippen LogP contribution in [0.25, 0.3) is 39.0 Å². The van der Waals surface area contributed by atoms with E-state index in [0.717, 1.165) is 125 Å². The molecule has 6 aromatic rings. The van der Waals surface area contributed by atoms with Gasteiger partial charge in [-0.3, -0.25) is 19.8 Å². The highest BCUT2D eigenvalue weighted by Gasteiger charge is 2.31. The first-order valence-corrected chi connectivity index (χ1v) is 23.7. The number of hydrogen-bond donors (Lipinski definition) is 0. The average Bonchev–Trinajstić information content (AvgIpc) is 3.93. The molecule has 348 valence electrons. The van der Waals surface area contributed by atoms with Crippen LogP contribution in [-0.2, 0) is 16.0 Å². The molecule has 2 aliphatic rings. The van der Waals surface area contributed by atoms with Crippen LogP contribution in [0.1, 0.15) is 115 Å². The van der Waals surface area contributed by atoms with E-state index in [-0.39, 0.29) is 30.2 Å². The lowest BCUT2D eigenvalue weighted by atomic mass is 9.97.